The molecule has 0 saturated heterocycles. The summed E-state index contributed by atoms with van der Waals surface area (Å²) in [6.07, 6.45) is 1.46. The quantitative estimate of drug-likeness (QED) is 0.841. The minimum atomic E-state index is -0.152. The summed E-state index contributed by atoms with van der Waals surface area (Å²) in [5, 5.41) is 10.1. The third kappa shape index (κ3) is 2.24. The molecule has 108 valence electrons. The normalized spacial score (nSPS) is 14.0. The van der Waals surface area contributed by atoms with Gasteiger partial charge in [0.25, 0.3) is 0 Å². The maximum atomic E-state index is 10.1. The summed E-state index contributed by atoms with van der Waals surface area (Å²) < 4.78 is 0. The molecule has 3 N–H and O–H groups in total. The predicted molar refractivity (Wildman–Crippen MR) is 82.6 cm³/mol. The number of hydrogen-bond donors (Lipinski definition) is 2. The van der Waals surface area contributed by atoms with Crippen molar-refractivity contribution in [1.82, 2.24) is 9.97 Å². The lowest BCUT2D eigenvalue weighted by Gasteiger charge is -2.21. The molecule has 0 spiro atoms. The Bertz CT molecular complexity index is 744. The fourth-order valence-corrected chi connectivity index (χ4v) is 2.57. The van der Waals surface area contributed by atoms with Gasteiger partial charge in [0.15, 0.2) is 0 Å². The zero-order valence-electron chi connectivity index (χ0n) is 12.4. The molecule has 21 heavy (non-hydrogen) atoms. The van der Waals surface area contributed by atoms with Crippen molar-refractivity contribution in [2.75, 3.05) is 5.73 Å². The van der Waals surface area contributed by atoms with E-state index in [0.29, 0.717) is 18.1 Å². The lowest BCUT2D eigenvalue weighted by atomic mass is 9.84. The van der Waals surface area contributed by atoms with Gasteiger partial charge in [0.1, 0.15) is 17.9 Å². The highest BCUT2D eigenvalue weighted by Crippen LogP contribution is 2.33. The Morgan fingerprint density at radius 2 is 1.95 bits per heavy atom. The molecule has 0 atom stereocenters. The first-order valence-corrected chi connectivity index (χ1v) is 6.86. The highest BCUT2D eigenvalue weighted by Gasteiger charge is 2.25. The smallest absolute Gasteiger partial charge is 0.136 e. The van der Waals surface area contributed by atoms with Crippen LogP contribution >= 0.6 is 0 Å². The molecule has 1 aliphatic heterocycles. The van der Waals surface area contributed by atoms with Gasteiger partial charge in [-0.2, -0.15) is 0 Å². The van der Waals surface area contributed by atoms with Gasteiger partial charge in [-0.05, 0) is 29.2 Å². The van der Waals surface area contributed by atoms with Crippen LogP contribution in [0.5, 0.6) is 5.75 Å². The molecule has 5 heteroatoms. The molecule has 0 amide bonds. The molecular weight excluding hydrogens is 264 g/mol. The summed E-state index contributed by atoms with van der Waals surface area (Å²) in [6, 6.07) is 5.52. The molecule has 0 fully saturated rings. The maximum Gasteiger partial charge on any atom is 0.136 e. The molecule has 1 aromatic carbocycles. The van der Waals surface area contributed by atoms with Crippen molar-refractivity contribution in [3.63, 3.8) is 0 Å². The number of rotatable bonds is 1. The molecule has 2 aromatic rings. The third-order valence-electron chi connectivity index (χ3n) is 3.66. The van der Waals surface area contributed by atoms with Crippen LogP contribution in [0.4, 0.5) is 5.82 Å². The topological polar surface area (TPSA) is 84.4 Å². The van der Waals surface area contributed by atoms with Crippen LogP contribution in [0, 0.1) is 0 Å². The van der Waals surface area contributed by atoms with E-state index in [1.807, 2.05) is 12.1 Å². The van der Waals surface area contributed by atoms with Crippen LogP contribution in [0.3, 0.4) is 0 Å². The van der Waals surface area contributed by atoms with E-state index in [1.165, 1.54) is 6.33 Å². The number of benzene rings is 1. The number of aromatic hydroxyl groups is 1. The number of phenols is 1. The first-order chi connectivity index (χ1) is 9.88. The Balaban J connectivity index is 2.13. The number of fused-ring (bicyclic) bond motifs is 1. The van der Waals surface area contributed by atoms with Crippen molar-refractivity contribution in [1.29, 1.82) is 0 Å². The first kappa shape index (κ1) is 13.5. The molecule has 1 aliphatic rings. The maximum absolute atomic E-state index is 10.1. The van der Waals surface area contributed by atoms with Gasteiger partial charge in [0, 0.05) is 5.56 Å². The molecular formula is C16H18N4O. The summed E-state index contributed by atoms with van der Waals surface area (Å²) in [7, 11) is 0. The van der Waals surface area contributed by atoms with Crippen LogP contribution in [0.2, 0.25) is 0 Å². The largest absolute Gasteiger partial charge is 0.508 e. The number of aliphatic imine (C=N–C) groups is 1. The van der Waals surface area contributed by atoms with Crippen molar-refractivity contribution in [3.05, 3.63) is 46.9 Å². The second-order valence-corrected chi connectivity index (χ2v) is 6.23. The average Bonchev–Trinajstić information content (AvgIpc) is 2.83. The molecule has 0 unspecified atom stereocenters. The van der Waals surface area contributed by atoms with E-state index in [9.17, 15) is 5.11 Å². The highest BCUT2D eigenvalue weighted by molar-refractivity contribution is 6.17. The lowest BCUT2D eigenvalue weighted by molar-refractivity contribution is 0.446. The molecule has 0 radical (unpaired) electrons. The molecule has 3 rings (SSSR count). The summed E-state index contributed by atoms with van der Waals surface area (Å²) >= 11 is 0. The Morgan fingerprint density at radius 1 is 1.19 bits per heavy atom. The Labute approximate surface area is 123 Å². The van der Waals surface area contributed by atoms with Gasteiger partial charge in [-0.15, -0.1) is 0 Å². The van der Waals surface area contributed by atoms with Crippen molar-refractivity contribution >= 4 is 11.5 Å². The molecule has 5 nitrogen and oxygen atoms in total. The zero-order valence-corrected chi connectivity index (χ0v) is 12.4. The van der Waals surface area contributed by atoms with Gasteiger partial charge in [-0.3, -0.25) is 4.99 Å². The van der Waals surface area contributed by atoms with Crippen LogP contribution in [0.1, 0.15) is 43.2 Å². The predicted octanol–water partition coefficient (Wildman–Crippen LogP) is 2.41. The fraction of sp³-hybridized carbons (Fsp3) is 0.312. The molecule has 1 aromatic heterocycles. The van der Waals surface area contributed by atoms with Gasteiger partial charge in [-0.25, -0.2) is 9.97 Å². The lowest BCUT2D eigenvalue weighted by Crippen LogP contribution is -2.14. The summed E-state index contributed by atoms with van der Waals surface area (Å²) in [5.74, 6) is 0.740. The number of phenolic OH excluding ortho intramolecular Hbond substituents is 1. The molecule has 0 bridgehead atoms. The highest BCUT2D eigenvalue weighted by atomic mass is 16.3. The Morgan fingerprint density at radius 3 is 2.67 bits per heavy atom. The Hall–Kier alpha value is -2.43. The van der Waals surface area contributed by atoms with E-state index in [2.05, 4.69) is 35.7 Å². The van der Waals surface area contributed by atoms with Crippen molar-refractivity contribution in [2.45, 2.75) is 32.7 Å². The second-order valence-electron chi connectivity index (χ2n) is 6.23. The van der Waals surface area contributed by atoms with Gasteiger partial charge in [0.2, 0.25) is 0 Å². The Kier molecular flexibility index (Phi) is 2.93. The van der Waals surface area contributed by atoms with Crippen LogP contribution in [0.25, 0.3) is 0 Å². The van der Waals surface area contributed by atoms with E-state index in [-0.39, 0.29) is 5.41 Å². The number of aromatic nitrogens is 2. The zero-order chi connectivity index (χ0) is 15.2. The van der Waals surface area contributed by atoms with Crippen LogP contribution in [-0.4, -0.2) is 20.8 Å². The van der Waals surface area contributed by atoms with E-state index in [1.54, 1.807) is 6.07 Å². The number of anilines is 1. The van der Waals surface area contributed by atoms with E-state index in [0.717, 1.165) is 28.1 Å². The van der Waals surface area contributed by atoms with E-state index in [4.69, 9.17) is 5.73 Å². The third-order valence-corrected chi connectivity index (χ3v) is 3.66. The standard InChI is InChI=1S/C16H18N4O/c1-16(2,3)10-6-9(4-5-12(10)21)14-13-11(7-18-14)19-8-20-15(13)17/h4-6,8,21H,7H2,1-3H3,(H2,17,19,20). The minimum Gasteiger partial charge on any atom is -0.508 e. The fourth-order valence-electron chi connectivity index (χ4n) is 2.57. The number of nitrogens with zero attached hydrogens (tertiary/aromatic N) is 3. The van der Waals surface area contributed by atoms with Crippen LogP contribution in [-0.2, 0) is 12.0 Å². The first-order valence-electron chi connectivity index (χ1n) is 6.86. The summed E-state index contributed by atoms with van der Waals surface area (Å²) in [6.45, 7) is 6.71. The monoisotopic (exact) mass is 282 g/mol. The van der Waals surface area contributed by atoms with Gasteiger partial charge >= 0.3 is 0 Å². The number of nitrogen functional groups attached to an aromatic ring is 1. The molecule has 0 saturated carbocycles. The number of hydrogen-bond acceptors (Lipinski definition) is 5. The number of nitrogens with two attached hydrogens (primary N) is 1. The van der Waals surface area contributed by atoms with Crippen molar-refractivity contribution in [2.24, 2.45) is 4.99 Å². The van der Waals surface area contributed by atoms with Gasteiger partial charge < -0.3 is 10.8 Å². The van der Waals surface area contributed by atoms with Crippen molar-refractivity contribution in [3.8, 4) is 5.75 Å². The van der Waals surface area contributed by atoms with Crippen LogP contribution < -0.4 is 5.73 Å². The van der Waals surface area contributed by atoms with E-state index >= 15 is 0 Å². The van der Waals surface area contributed by atoms with Gasteiger partial charge in [0.05, 0.1) is 23.5 Å². The SMILES string of the molecule is CC(C)(C)c1cc(C2=NCc3ncnc(N)c32)ccc1O. The van der Waals surface area contributed by atoms with Crippen molar-refractivity contribution < 1.29 is 5.11 Å². The summed E-state index contributed by atoms with van der Waals surface area (Å²) in [4.78, 5) is 12.8. The van der Waals surface area contributed by atoms with E-state index < -0.39 is 0 Å². The molecule has 0 aliphatic carbocycles. The van der Waals surface area contributed by atoms with Gasteiger partial charge in [-0.1, -0.05) is 20.8 Å². The summed E-state index contributed by atoms with van der Waals surface area (Å²) in [5.41, 5.74) is 10.1. The minimum absolute atomic E-state index is 0.152. The molecule has 2 heterocycles. The average molecular weight is 282 g/mol. The second kappa shape index (κ2) is 4.55. The van der Waals surface area contributed by atoms with Crippen LogP contribution in [0.15, 0.2) is 29.5 Å².